The van der Waals surface area contributed by atoms with Crippen LogP contribution in [-0.4, -0.2) is 57.3 Å². The highest BCUT2D eigenvalue weighted by Crippen LogP contribution is 2.39. The average Bonchev–Trinajstić information content (AvgIpc) is 2.89. The molecule has 0 saturated carbocycles. The number of alkyl carbamates (subject to hydrolysis) is 1. The van der Waals surface area contributed by atoms with E-state index < -0.39 is 18.1 Å². The van der Waals surface area contributed by atoms with Crippen molar-refractivity contribution in [3.05, 3.63) is 59.2 Å². The number of esters is 1. The maximum absolute atomic E-state index is 13.1. The number of benzene rings is 2. The molecule has 0 aliphatic carbocycles. The van der Waals surface area contributed by atoms with Gasteiger partial charge in [-0.1, -0.05) is 30.3 Å². The fourth-order valence-corrected chi connectivity index (χ4v) is 4.14. The van der Waals surface area contributed by atoms with Crippen molar-refractivity contribution in [3.8, 4) is 11.5 Å². The van der Waals surface area contributed by atoms with Gasteiger partial charge in [-0.05, 0) is 41.7 Å². The van der Waals surface area contributed by atoms with Gasteiger partial charge in [0.25, 0.3) is 0 Å². The molecule has 1 aliphatic heterocycles. The Morgan fingerprint density at radius 3 is 2.43 bits per heavy atom. The number of hydrogen-bond acceptors (Lipinski definition) is 7. The molecule has 0 saturated heterocycles. The van der Waals surface area contributed by atoms with Crippen molar-refractivity contribution in [3.63, 3.8) is 0 Å². The molecule has 0 aromatic heterocycles. The molecule has 0 spiro atoms. The van der Waals surface area contributed by atoms with Gasteiger partial charge in [-0.15, -0.1) is 0 Å². The van der Waals surface area contributed by atoms with Gasteiger partial charge >= 0.3 is 12.1 Å². The summed E-state index contributed by atoms with van der Waals surface area (Å²) in [7, 11) is 4.44. The molecule has 9 nitrogen and oxygen atoms in total. The first-order chi connectivity index (χ1) is 17.0. The van der Waals surface area contributed by atoms with Crippen molar-refractivity contribution in [2.75, 3.05) is 34.4 Å². The quantitative estimate of drug-likeness (QED) is 0.407. The number of methoxy groups -OCH3 is 3. The molecule has 35 heavy (non-hydrogen) atoms. The van der Waals surface area contributed by atoms with Crippen LogP contribution < -0.4 is 14.8 Å². The molecule has 1 unspecified atom stereocenters. The fraction of sp³-hybridized carbons (Fsp3) is 0.423. The second kappa shape index (κ2) is 12.6. The number of rotatable bonds is 10. The summed E-state index contributed by atoms with van der Waals surface area (Å²) >= 11 is 0. The summed E-state index contributed by atoms with van der Waals surface area (Å²) in [6.07, 6.45) is 0.800. The monoisotopic (exact) mass is 484 g/mol. The first-order valence-electron chi connectivity index (χ1n) is 11.5. The van der Waals surface area contributed by atoms with Gasteiger partial charge in [0, 0.05) is 19.5 Å². The average molecular weight is 485 g/mol. The van der Waals surface area contributed by atoms with Gasteiger partial charge < -0.3 is 29.2 Å². The number of hydrogen-bond donors (Lipinski definition) is 1. The third-order valence-corrected chi connectivity index (χ3v) is 5.96. The lowest BCUT2D eigenvalue weighted by molar-refractivity contribution is -0.144. The van der Waals surface area contributed by atoms with Crippen molar-refractivity contribution in [2.45, 2.75) is 38.3 Å². The van der Waals surface area contributed by atoms with Crippen molar-refractivity contribution < 1.29 is 33.3 Å². The van der Waals surface area contributed by atoms with Crippen LogP contribution in [0.15, 0.2) is 42.5 Å². The van der Waals surface area contributed by atoms with Gasteiger partial charge in [-0.2, -0.15) is 0 Å². The molecule has 0 fully saturated rings. The number of carbonyl (C=O) groups is 3. The van der Waals surface area contributed by atoms with Crippen LogP contribution in [0.2, 0.25) is 0 Å². The van der Waals surface area contributed by atoms with Gasteiger partial charge in [0.1, 0.15) is 6.61 Å². The molecule has 1 N–H and O–H groups in total. The van der Waals surface area contributed by atoms with Crippen molar-refractivity contribution in [1.82, 2.24) is 10.2 Å². The van der Waals surface area contributed by atoms with Gasteiger partial charge in [0.05, 0.1) is 33.8 Å². The standard InChI is InChI=1S/C26H32N2O7/c1-32-22-14-19-11-13-28(21(16-25(30)34-3)20(19)15-23(22)33-2)24(29)10-7-12-27-26(31)35-17-18-8-5-4-6-9-18/h4-6,8-9,14-15,21H,7,10-13,16-17H2,1-3H3,(H,27,31). The molecule has 0 radical (unpaired) electrons. The smallest absolute Gasteiger partial charge is 0.407 e. The minimum Gasteiger partial charge on any atom is -0.493 e. The Balaban J connectivity index is 1.58. The number of nitrogens with zero attached hydrogens (tertiary/aromatic N) is 1. The summed E-state index contributed by atoms with van der Waals surface area (Å²) in [6.45, 7) is 0.953. The van der Waals surface area contributed by atoms with Crippen LogP contribution in [-0.2, 0) is 32.1 Å². The Bertz CT molecular complexity index is 1030. The van der Waals surface area contributed by atoms with Crippen LogP contribution in [0.4, 0.5) is 4.79 Å². The van der Waals surface area contributed by atoms with Gasteiger partial charge in [-0.25, -0.2) is 4.79 Å². The molecule has 1 heterocycles. The molecule has 2 amide bonds. The number of fused-ring (bicyclic) bond motifs is 1. The Labute approximate surface area is 205 Å². The summed E-state index contributed by atoms with van der Waals surface area (Å²) in [5, 5.41) is 2.67. The van der Waals surface area contributed by atoms with Gasteiger partial charge in [0.2, 0.25) is 5.91 Å². The van der Waals surface area contributed by atoms with E-state index in [1.54, 1.807) is 19.1 Å². The molecule has 1 aliphatic rings. The van der Waals surface area contributed by atoms with Crippen molar-refractivity contribution >= 4 is 18.0 Å². The minimum atomic E-state index is -0.530. The Morgan fingerprint density at radius 2 is 1.74 bits per heavy atom. The largest absolute Gasteiger partial charge is 0.493 e. The summed E-state index contributed by atoms with van der Waals surface area (Å²) in [6, 6.07) is 12.6. The number of amides is 2. The molecule has 0 bridgehead atoms. The number of ether oxygens (including phenoxy) is 4. The van der Waals surface area contributed by atoms with E-state index in [0.29, 0.717) is 37.4 Å². The molecule has 1 atom stereocenters. The molecule has 2 aromatic carbocycles. The zero-order valence-corrected chi connectivity index (χ0v) is 20.4. The van der Waals surface area contributed by atoms with Crippen LogP contribution in [0.5, 0.6) is 11.5 Å². The number of nitrogens with one attached hydrogen (secondary N) is 1. The van der Waals surface area contributed by atoms with E-state index in [9.17, 15) is 14.4 Å². The highest BCUT2D eigenvalue weighted by atomic mass is 16.5. The minimum absolute atomic E-state index is 0.0365. The lowest BCUT2D eigenvalue weighted by Gasteiger charge is -2.37. The molecule has 2 aromatic rings. The Hall–Kier alpha value is -3.75. The highest BCUT2D eigenvalue weighted by Gasteiger charge is 2.33. The van der Waals surface area contributed by atoms with Gasteiger partial charge in [0.15, 0.2) is 11.5 Å². The van der Waals surface area contributed by atoms with E-state index in [2.05, 4.69) is 5.32 Å². The fourth-order valence-electron chi connectivity index (χ4n) is 4.14. The Kier molecular flexibility index (Phi) is 9.34. The summed E-state index contributed by atoms with van der Waals surface area (Å²) in [5.41, 5.74) is 2.74. The zero-order chi connectivity index (χ0) is 25.2. The maximum atomic E-state index is 13.1. The van der Waals surface area contributed by atoms with Crippen LogP contribution >= 0.6 is 0 Å². The van der Waals surface area contributed by atoms with Gasteiger partial charge in [-0.3, -0.25) is 9.59 Å². The topological polar surface area (TPSA) is 103 Å². The molecular weight excluding hydrogens is 452 g/mol. The van der Waals surface area contributed by atoms with E-state index in [1.165, 1.54) is 7.11 Å². The summed E-state index contributed by atoms with van der Waals surface area (Å²) in [4.78, 5) is 38.9. The Morgan fingerprint density at radius 1 is 1.03 bits per heavy atom. The predicted molar refractivity (Wildman–Crippen MR) is 128 cm³/mol. The van der Waals surface area contributed by atoms with Crippen LogP contribution in [0.3, 0.4) is 0 Å². The molecular formula is C26H32N2O7. The van der Waals surface area contributed by atoms with Crippen LogP contribution in [0, 0.1) is 0 Å². The van der Waals surface area contributed by atoms with Crippen LogP contribution in [0.25, 0.3) is 0 Å². The lowest BCUT2D eigenvalue weighted by Crippen LogP contribution is -2.41. The van der Waals surface area contributed by atoms with Crippen molar-refractivity contribution in [2.24, 2.45) is 0 Å². The third kappa shape index (κ3) is 6.88. The molecule has 188 valence electrons. The van der Waals surface area contributed by atoms with E-state index in [1.807, 2.05) is 42.5 Å². The number of carbonyl (C=O) groups excluding carboxylic acids is 3. The summed E-state index contributed by atoms with van der Waals surface area (Å²) < 4.78 is 20.9. The van der Waals surface area contributed by atoms with E-state index in [0.717, 1.165) is 16.7 Å². The highest BCUT2D eigenvalue weighted by molar-refractivity contribution is 5.79. The normalized spacial score (nSPS) is 14.5. The van der Waals surface area contributed by atoms with Crippen molar-refractivity contribution in [1.29, 1.82) is 0 Å². The third-order valence-electron chi connectivity index (χ3n) is 5.96. The van der Waals surface area contributed by atoms with E-state index >= 15 is 0 Å². The predicted octanol–water partition coefficient (Wildman–Crippen LogP) is 3.40. The first kappa shape index (κ1) is 25.9. The zero-order valence-electron chi connectivity index (χ0n) is 20.4. The first-order valence-corrected chi connectivity index (χ1v) is 11.5. The SMILES string of the molecule is COC(=O)CC1c2cc(OC)c(OC)cc2CCN1C(=O)CCCNC(=O)OCc1ccccc1. The second-order valence-corrected chi connectivity index (χ2v) is 8.13. The second-order valence-electron chi connectivity index (χ2n) is 8.13. The molecule has 9 heteroatoms. The maximum Gasteiger partial charge on any atom is 0.407 e. The van der Waals surface area contributed by atoms with Crippen LogP contribution in [0.1, 0.15) is 42.0 Å². The lowest BCUT2D eigenvalue weighted by atomic mass is 9.89. The molecule has 3 rings (SSSR count). The van der Waals surface area contributed by atoms with E-state index in [-0.39, 0.29) is 25.4 Å². The summed E-state index contributed by atoms with van der Waals surface area (Å²) in [5.74, 6) is 0.638. The van der Waals surface area contributed by atoms with E-state index in [4.69, 9.17) is 18.9 Å².